The average molecular weight is 437 g/mol. The van der Waals surface area contributed by atoms with E-state index in [4.69, 9.17) is 44.2 Å². The van der Waals surface area contributed by atoms with Crippen LogP contribution in [0.4, 0.5) is 5.69 Å². The number of amides is 1. The lowest BCUT2D eigenvalue weighted by Gasteiger charge is -2.08. The van der Waals surface area contributed by atoms with Crippen molar-refractivity contribution in [1.82, 2.24) is 0 Å². The van der Waals surface area contributed by atoms with Gasteiger partial charge in [-0.15, -0.1) is 0 Å². The Kier molecular flexibility index (Phi) is 8.30. The highest BCUT2D eigenvalue weighted by Crippen LogP contribution is 2.29. The van der Waals surface area contributed by atoms with Gasteiger partial charge in [0.05, 0.1) is 35.0 Å². The number of nitrogens with two attached hydrogens (primary N) is 2. The molecule has 0 bridgehead atoms. The van der Waals surface area contributed by atoms with Gasteiger partial charge in [0.25, 0.3) is 5.91 Å². The fourth-order valence-electron chi connectivity index (χ4n) is 2.44. The number of nitrogen functional groups attached to an aromatic ring is 1. The van der Waals surface area contributed by atoms with E-state index in [0.717, 1.165) is 5.56 Å². The Hall–Kier alpha value is -2.77. The first kappa shape index (κ1) is 22.5. The van der Waals surface area contributed by atoms with Gasteiger partial charge in [0.2, 0.25) is 0 Å². The maximum Gasteiger partial charge on any atom is 0.253 e. The Bertz CT molecular complexity index is 905. The van der Waals surface area contributed by atoms with E-state index in [9.17, 15) is 4.79 Å². The molecule has 0 aromatic heterocycles. The van der Waals surface area contributed by atoms with E-state index in [1.807, 2.05) is 0 Å². The Morgan fingerprint density at radius 1 is 1.14 bits per heavy atom. The summed E-state index contributed by atoms with van der Waals surface area (Å²) in [6.07, 6.45) is 0.127. The van der Waals surface area contributed by atoms with Crippen LogP contribution in [0.15, 0.2) is 46.5 Å². The summed E-state index contributed by atoms with van der Waals surface area (Å²) in [5.41, 5.74) is 13.8. The zero-order valence-electron chi connectivity index (χ0n) is 16.1. The first-order valence-corrected chi connectivity index (χ1v) is 9.52. The van der Waals surface area contributed by atoms with E-state index in [0.29, 0.717) is 39.4 Å². The Balaban J connectivity index is 2.13. The Morgan fingerprint density at radius 3 is 2.31 bits per heavy atom. The van der Waals surface area contributed by atoms with Crippen LogP contribution >= 0.6 is 23.2 Å². The first-order valence-electron chi connectivity index (χ1n) is 8.76. The van der Waals surface area contributed by atoms with Crippen molar-refractivity contribution < 1.29 is 14.4 Å². The first-order chi connectivity index (χ1) is 13.8. The molecule has 29 heavy (non-hydrogen) atoms. The highest BCUT2D eigenvalue weighted by Gasteiger charge is 2.13. The minimum atomic E-state index is -0.454. The number of ether oxygens (including phenoxy) is 1. The van der Waals surface area contributed by atoms with Gasteiger partial charge >= 0.3 is 0 Å². The minimum absolute atomic E-state index is 0.0731. The zero-order valence-corrected chi connectivity index (χ0v) is 17.6. The van der Waals surface area contributed by atoms with Crippen LogP contribution in [0.1, 0.15) is 24.5 Å². The number of nitrogens with zero attached hydrogens (tertiary/aromatic N) is 2. The van der Waals surface area contributed by atoms with E-state index in [1.165, 1.54) is 0 Å². The van der Waals surface area contributed by atoms with Gasteiger partial charge in [0, 0.05) is 12.0 Å². The third kappa shape index (κ3) is 6.66. The molecule has 0 heterocycles. The smallest absolute Gasteiger partial charge is 0.253 e. The molecule has 9 heteroatoms. The summed E-state index contributed by atoms with van der Waals surface area (Å²) in [7, 11) is 1.58. The van der Waals surface area contributed by atoms with E-state index in [-0.39, 0.29) is 18.7 Å². The molecule has 0 atom stereocenters. The van der Waals surface area contributed by atoms with Crippen LogP contribution < -0.4 is 16.2 Å². The summed E-state index contributed by atoms with van der Waals surface area (Å²) in [6, 6.07) is 10.4. The summed E-state index contributed by atoms with van der Waals surface area (Å²) in [4.78, 5) is 21.5. The fourth-order valence-corrected chi connectivity index (χ4v) is 2.98. The molecule has 0 fully saturated rings. The molecule has 0 aliphatic carbocycles. The molecular formula is C20H22Cl2N4O3. The SMILES string of the molecule is CCO/N=C(\CC(=O)/N=C(\N)Cc1cc(Cl)c(N)c(Cl)c1)c1ccc(OC)cc1. The summed E-state index contributed by atoms with van der Waals surface area (Å²) in [5, 5.41) is 4.66. The number of methoxy groups -OCH3 is 1. The molecular weight excluding hydrogens is 415 g/mol. The lowest BCUT2D eigenvalue weighted by Crippen LogP contribution is -2.19. The van der Waals surface area contributed by atoms with Gasteiger partial charge in [-0.25, -0.2) is 4.99 Å². The lowest BCUT2D eigenvalue weighted by molar-refractivity contribution is -0.116. The third-order valence-electron chi connectivity index (χ3n) is 3.84. The quantitative estimate of drug-likeness (QED) is 0.282. The molecule has 2 rings (SSSR count). The Morgan fingerprint density at radius 2 is 1.76 bits per heavy atom. The molecule has 0 saturated carbocycles. The van der Waals surface area contributed by atoms with Gasteiger partial charge in [-0.1, -0.05) is 28.4 Å². The minimum Gasteiger partial charge on any atom is -0.497 e. The van der Waals surface area contributed by atoms with Crippen molar-refractivity contribution >= 4 is 46.3 Å². The van der Waals surface area contributed by atoms with Gasteiger partial charge < -0.3 is 21.0 Å². The molecule has 2 aromatic rings. The highest BCUT2D eigenvalue weighted by molar-refractivity contribution is 6.39. The standard InChI is InChI=1S/C20H22Cl2N4O3/c1-3-29-26-17(13-4-6-14(28-2)7-5-13)11-19(27)25-18(23)10-12-8-15(21)20(24)16(22)9-12/h4-9H,3,10-11,24H2,1-2H3,(H2,23,25,27)/b26-17+. The molecule has 7 nitrogen and oxygen atoms in total. The van der Waals surface area contributed by atoms with Crippen molar-refractivity contribution in [2.45, 2.75) is 19.8 Å². The molecule has 1 amide bonds. The lowest BCUT2D eigenvalue weighted by atomic mass is 10.1. The van der Waals surface area contributed by atoms with Crippen molar-refractivity contribution in [1.29, 1.82) is 0 Å². The molecule has 0 aliphatic heterocycles. The van der Waals surface area contributed by atoms with E-state index < -0.39 is 5.91 Å². The number of oxime groups is 1. The number of carbonyl (C=O) groups excluding carboxylic acids is 1. The second-order valence-electron chi connectivity index (χ2n) is 6.01. The van der Waals surface area contributed by atoms with Crippen molar-refractivity contribution in [2.24, 2.45) is 15.9 Å². The second-order valence-corrected chi connectivity index (χ2v) is 6.82. The van der Waals surface area contributed by atoms with Crippen LogP contribution in [0.3, 0.4) is 0 Å². The molecule has 0 unspecified atom stereocenters. The van der Waals surface area contributed by atoms with Crippen LogP contribution in [0, 0.1) is 0 Å². The third-order valence-corrected chi connectivity index (χ3v) is 4.46. The predicted molar refractivity (Wildman–Crippen MR) is 117 cm³/mol. The molecule has 2 aromatic carbocycles. The van der Waals surface area contributed by atoms with Gasteiger partial charge in [-0.2, -0.15) is 0 Å². The molecule has 0 aliphatic rings. The van der Waals surface area contributed by atoms with E-state index in [1.54, 1.807) is 50.4 Å². The predicted octanol–water partition coefficient (Wildman–Crippen LogP) is 3.84. The largest absolute Gasteiger partial charge is 0.497 e. The van der Waals surface area contributed by atoms with Crippen LogP contribution in [0.25, 0.3) is 0 Å². The maximum atomic E-state index is 12.4. The van der Waals surface area contributed by atoms with Crippen molar-refractivity contribution in [2.75, 3.05) is 19.5 Å². The number of amidine groups is 1. The molecule has 0 spiro atoms. The number of hydrogen-bond acceptors (Lipinski definition) is 5. The van der Waals surface area contributed by atoms with Crippen molar-refractivity contribution in [3.63, 3.8) is 0 Å². The van der Waals surface area contributed by atoms with Gasteiger partial charge in [0.15, 0.2) is 0 Å². The number of anilines is 1. The van der Waals surface area contributed by atoms with Gasteiger partial charge in [-0.05, 0) is 48.9 Å². The highest BCUT2D eigenvalue weighted by atomic mass is 35.5. The number of benzene rings is 2. The molecule has 0 radical (unpaired) electrons. The summed E-state index contributed by atoms with van der Waals surface area (Å²) in [5.74, 6) is 0.362. The maximum absolute atomic E-state index is 12.4. The number of rotatable bonds is 8. The molecule has 4 N–H and O–H groups in total. The number of hydrogen-bond donors (Lipinski definition) is 2. The monoisotopic (exact) mass is 436 g/mol. The Labute approximate surface area is 179 Å². The van der Waals surface area contributed by atoms with Crippen molar-refractivity contribution in [3.05, 3.63) is 57.6 Å². The normalized spacial score (nSPS) is 12.0. The van der Waals surface area contributed by atoms with Crippen LogP contribution in [0.2, 0.25) is 10.0 Å². The number of halogens is 2. The van der Waals surface area contributed by atoms with Gasteiger partial charge in [0.1, 0.15) is 18.2 Å². The van der Waals surface area contributed by atoms with E-state index >= 15 is 0 Å². The topological polar surface area (TPSA) is 112 Å². The molecule has 0 saturated heterocycles. The van der Waals surface area contributed by atoms with Crippen molar-refractivity contribution in [3.8, 4) is 5.75 Å². The van der Waals surface area contributed by atoms with Gasteiger partial charge in [-0.3, -0.25) is 4.79 Å². The summed E-state index contributed by atoms with van der Waals surface area (Å²) in [6.45, 7) is 2.17. The van der Waals surface area contributed by atoms with E-state index in [2.05, 4.69) is 10.1 Å². The second kappa shape index (κ2) is 10.7. The zero-order chi connectivity index (χ0) is 21.4. The van der Waals surface area contributed by atoms with Crippen LogP contribution in [0.5, 0.6) is 5.75 Å². The summed E-state index contributed by atoms with van der Waals surface area (Å²) >= 11 is 12.0. The molecule has 154 valence electrons. The number of aliphatic imine (C=N–C) groups is 1. The summed E-state index contributed by atoms with van der Waals surface area (Å²) < 4.78 is 5.14. The fraction of sp³-hybridized carbons (Fsp3) is 0.250. The van der Waals surface area contributed by atoms with Crippen LogP contribution in [-0.2, 0) is 16.1 Å². The average Bonchev–Trinajstić information content (AvgIpc) is 2.69. The van der Waals surface area contributed by atoms with Crippen LogP contribution in [-0.4, -0.2) is 31.2 Å². The number of carbonyl (C=O) groups is 1.